The minimum Gasteiger partial charge on any atom is -0.366 e. The molecule has 0 spiro atoms. The highest BCUT2D eigenvalue weighted by molar-refractivity contribution is 7.99. The summed E-state index contributed by atoms with van der Waals surface area (Å²) < 4.78 is 6.30. The molecule has 8 nitrogen and oxygen atoms in total. The fourth-order valence-corrected chi connectivity index (χ4v) is 2.95. The molecule has 0 aliphatic rings. The minimum absolute atomic E-state index is 0.00696. The molecule has 1 heterocycles. The molecule has 9 heteroatoms. The quantitative estimate of drug-likeness (QED) is 0.442. The van der Waals surface area contributed by atoms with Gasteiger partial charge in [0.2, 0.25) is 17.5 Å². The van der Waals surface area contributed by atoms with Crippen molar-refractivity contribution in [1.29, 1.82) is 0 Å². The van der Waals surface area contributed by atoms with Crippen molar-refractivity contribution in [2.75, 3.05) is 11.1 Å². The molecule has 0 aliphatic heterocycles. The number of amides is 2. The highest BCUT2D eigenvalue weighted by atomic mass is 32.2. The van der Waals surface area contributed by atoms with Gasteiger partial charge in [-0.25, -0.2) is 4.79 Å². The molecule has 0 aliphatic carbocycles. The summed E-state index contributed by atoms with van der Waals surface area (Å²) in [6.07, 6.45) is 0. The molecule has 1 aromatic heterocycles. The van der Waals surface area contributed by atoms with Crippen molar-refractivity contribution in [1.82, 2.24) is 5.27 Å². The van der Waals surface area contributed by atoms with E-state index in [9.17, 15) is 14.4 Å². The number of nitrogens with one attached hydrogen (secondary N) is 2. The molecule has 3 aromatic rings. The van der Waals surface area contributed by atoms with Gasteiger partial charge in [0.05, 0.1) is 5.75 Å². The number of anilines is 1. The average Bonchev–Trinajstić information content (AvgIpc) is 3.02. The smallest absolute Gasteiger partial charge is 0.366 e. The van der Waals surface area contributed by atoms with Crippen LogP contribution < -0.4 is 21.4 Å². The van der Waals surface area contributed by atoms with Gasteiger partial charge in [-0.05, 0) is 46.0 Å². The largest absolute Gasteiger partial charge is 0.442 e. The van der Waals surface area contributed by atoms with Gasteiger partial charge < -0.3 is 11.1 Å². The van der Waals surface area contributed by atoms with Gasteiger partial charge >= 0.3 is 10.7 Å². The Morgan fingerprint density at radius 2 is 1.81 bits per heavy atom. The maximum atomic E-state index is 12.1. The molecule has 0 radical (unpaired) electrons. The summed E-state index contributed by atoms with van der Waals surface area (Å²) >= 11 is 1.05. The van der Waals surface area contributed by atoms with E-state index in [0.717, 1.165) is 11.8 Å². The van der Waals surface area contributed by atoms with E-state index < -0.39 is 11.5 Å². The van der Waals surface area contributed by atoms with Crippen molar-refractivity contribution in [2.24, 2.45) is 5.73 Å². The molecule has 0 saturated carbocycles. The number of hydrogen-bond acceptors (Lipinski definition) is 5. The number of nitrogens with two attached hydrogens (primary N) is 1. The average molecular weight is 371 g/mol. The molecular formula is C17H15N4O4S+. The first-order valence-electron chi connectivity index (χ1n) is 7.56. The molecule has 132 valence electrons. The van der Waals surface area contributed by atoms with E-state index in [1.165, 1.54) is 16.8 Å². The molecular weight excluding hydrogens is 356 g/mol. The molecule has 0 unspecified atom stereocenters. The van der Waals surface area contributed by atoms with Crippen LogP contribution in [-0.2, 0) is 4.79 Å². The first-order valence-corrected chi connectivity index (χ1v) is 8.54. The van der Waals surface area contributed by atoms with Crippen molar-refractivity contribution < 1.29 is 18.8 Å². The first kappa shape index (κ1) is 17.5. The predicted octanol–water partition coefficient (Wildman–Crippen LogP) is 1.07. The van der Waals surface area contributed by atoms with Crippen LogP contribution in [0.1, 0.15) is 10.4 Å². The summed E-state index contributed by atoms with van der Waals surface area (Å²) in [7, 11) is 0. The molecule has 26 heavy (non-hydrogen) atoms. The monoisotopic (exact) mass is 371 g/mol. The van der Waals surface area contributed by atoms with E-state index in [4.69, 9.17) is 10.3 Å². The van der Waals surface area contributed by atoms with Crippen molar-refractivity contribution in [3.05, 3.63) is 70.6 Å². The van der Waals surface area contributed by atoms with Crippen LogP contribution in [0, 0.1) is 0 Å². The zero-order chi connectivity index (χ0) is 18.5. The lowest BCUT2D eigenvalue weighted by Gasteiger charge is -2.04. The Bertz CT molecular complexity index is 980. The van der Waals surface area contributed by atoms with E-state index >= 15 is 0 Å². The highest BCUT2D eigenvalue weighted by Gasteiger charge is 2.24. The topological polar surface area (TPSA) is 122 Å². The van der Waals surface area contributed by atoms with E-state index in [2.05, 4.69) is 10.6 Å². The van der Waals surface area contributed by atoms with E-state index in [-0.39, 0.29) is 16.7 Å². The Hall–Kier alpha value is -3.33. The summed E-state index contributed by atoms with van der Waals surface area (Å²) in [5.41, 5.74) is 6.20. The van der Waals surface area contributed by atoms with Gasteiger partial charge in [-0.1, -0.05) is 18.2 Å². The Labute approximate surface area is 152 Å². The Morgan fingerprint density at radius 3 is 2.46 bits per heavy atom. The minimum atomic E-state index is -0.558. The van der Waals surface area contributed by atoms with Crippen LogP contribution in [0.25, 0.3) is 5.69 Å². The van der Waals surface area contributed by atoms with Crippen LogP contribution in [0.4, 0.5) is 5.69 Å². The number of H-pyrrole nitrogens is 1. The second-order valence-corrected chi connectivity index (χ2v) is 6.20. The first-order chi connectivity index (χ1) is 12.5. The number of carbonyl (C=O) groups excluding carboxylic acids is 2. The lowest BCUT2D eigenvalue weighted by Crippen LogP contribution is -2.36. The van der Waals surface area contributed by atoms with Gasteiger partial charge in [0.1, 0.15) is 0 Å². The number of carbonyl (C=O) groups is 2. The predicted molar refractivity (Wildman–Crippen MR) is 95.2 cm³/mol. The second kappa shape index (κ2) is 7.70. The number of rotatable bonds is 6. The maximum Gasteiger partial charge on any atom is 0.442 e. The van der Waals surface area contributed by atoms with Crippen LogP contribution in [0.5, 0.6) is 0 Å². The zero-order valence-electron chi connectivity index (χ0n) is 13.5. The Balaban J connectivity index is 1.66. The van der Waals surface area contributed by atoms with Crippen LogP contribution >= 0.6 is 11.8 Å². The third kappa shape index (κ3) is 4.01. The fraction of sp³-hybridized carbons (Fsp3) is 0.0588. The van der Waals surface area contributed by atoms with E-state index in [0.29, 0.717) is 16.9 Å². The lowest BCUT2D eigenvalue weighted by atomic mass is 10.2. The summed E-state index contributed by atoms with van der Waals surface area (Å²) in [5.74, 6) is -0.836. The Morgan fingerprint density at radius 1 is 1.12 bits per heavy atom. The van der Waals surface area contributed by atoms with Crippen LogP contribution in [0.2, 0.25) is 0 Å². The molecule has 4 N–H and O–H groups in total. The summed E-state index contributed by atoms with van der Waals surface area (Å²) in [5, 5.41) is 5.46. The van der Waals surface area contributed by atoms with Gasteiger partial charge in [-0.2, -0.15) is 0 Å². The van der Waals surface area contributed by atoms with Crippen molar-refractivity contribution in [2.45, 2.75) is 5.03 Å². The van der Waals surface area contributed by atoms with Crippen molar-refractivity contribution >= 4 is 29.3 Å². The number of aromatic nitrogens is 2. The van der Waals surface area contributed by atoms with E-state index in [1.54, 1.807) is 24.3 Å². The maximum absolute atomic E-state index is 12.1. The molecule has 2 aromatic carbocycles. The molecule has 0 bridgehead atoms. The number of para-hydroxylation sites is 1. The standard InChI is InChI=1S/C17H14N4O4S/c18-15(23)11-6-8-12(9-7-11)19-14(22)10-26-16-17(24)25-20-21(16)13-4-2-1-3-5-13/h1-9H,10H2,(H3-,18,19,20,22,23,24)/p+1. The van der Waals surface area contributed by atoms with Crippen molar-refractivity contribution in [3.8, 4) is 5.69 Å². The van der Waals surface area contributed by atoms with Crippen LogP contribution in [0.15, 0.2) is 68.9 Å². The van der Waals surface area contributed by atoms with Crippen molar-refractivity contribution in [3.63, 3.8) is 0 Å². The third-order valence-corrected chi connectivity index (χ3v) is 4.44. The van der Waals surface area contributed by atoms with Gasteiger partial charge in [0, 0.05) is 23.4 Å². The number of thioether (sulfide) groups is 1. The molecule has 3 rings (SSSR count). The molecule has 0 saturated heterocycles. The number of primary amides is 1. The zero-order valence-corrected chi connectivity index (χ0v) is 14.3. The van der Waals surface area contributed by atoms with Gasteiger partial charge in [-0.3, -0.25) is 14.1 Å². The van der Waals surface area contributed by atoms with Gasteiger partial charge in [-0.15, -0.1) is 0 Å². The SMILES string of the molecule is NC(=O)c1ccc(NC(=O)CSc2c(=O)o[nH][n+]2-c2ccccc2)cc1. The summed E-state index contributed by atoms with van der Waals surface area (Å²) in [4.78, 5) is 35.0. The van der Waals surface area contributed by atoms with Gasteiger partial charge in [0.15, 0.2) is 0 Å². The number of nitrogens with zero attached hydrogens (tertiary/aromatic N) is 1. The summed E-state index contributed by atoms with van der Waals surface area (Å²) in [6, 6.07) is 15.3. The van der Waals surface area contributed by atoms with Crippen LogP contribution in [0.3, 0.4) is 0 Å². The van der Waals surface area contributed by atoms with Crippen LogP contribution in [-0.4, -0.2) is 22.8 Å². The molecule has 0 fully saturated rings. The highest BCUT2D eigenvalue weighted by Crippen LogP contribution is 2.13. The van der Waals surface area contributed by atoms with Gasteiger partial charge in [0.25, 0.3) is 0 Å². The third-order valence-electron chi connectivity index (χ3n) is 3.41. The lowest BCUT2D eigenvalue weighted by molar-refractivity contribution is -0.704. The molecule has 0 atom stereocenters. The second-order valence-electron chi connectivity index (χ2n) is 5.24. The number of benzene rings is 2. The fourth-order valence-electron chi connectivity index (χ4n) is 2.18. The number of aromatic amines is 1. The normalized spacial score (nSPS) is 10.5. The van der Waals surface area contributed by atoms with E-state index in [1.807, 2.05) is 18.2 Å². The number of hydrogen-bond donors (Lipinski definition) is 3. The summed E-state index contributed by atoms with van der Waals surface area (Å²) in [6.45, 7) is 0. The molecule has 2 amide bonds. The Kier molecular flexibility index (Phi) is 5.18.